The maximum absolute atomic E-state index is 12.9. The number of morpholine rings is 1. The van der Waals surface area contributed by atoms with Crippen LogP contribution in [0.25, 0.3) is 0 Å². The molecule has 8 heteroatoms. The Morgan fingerprint density at radius 3 is 2.47 bits per heavy atom. The van der Waals surface area contributed by atoms with Crippen molar-refractivity contribution in [1.82, 2.24) is 5.32 Å². The van der Waals surface area contributed by atoms with Crippen LogP contribution in [0.1, 0.15) is 0 Å². The topological polar surface area (TPSA) is 50.4 Å². The smallest absolute Gasteiger partial charge is 0.243 e. The van der Waals surface area contributed by atoms with Crippen molar-refractivity contribution in [3.63, 3.8) is 0 Å². The van der Waals surface area contributed by atoms with E-state index in [2.05, 4.69) is 10.6 Å². The second kappa shape index (κ2) is 6.74. The number of hydrogen-bond acceptors (Lipinski definition) is 3. The van der Waals surface area contributed by atoms with E-state index in [9.17, 15) is 18.0 Å². The predicted molar refractivity (Wildman–Crippen MR) is 64.8 cm³/mol. The van der Waals surface area contributed by atoms with Crippen LogP contribution in [0, 0.1) is 17.5 Å². The number of hydrogen-bond donors (Lipinski definition) is 2. The Labute approximate surface area is 113 Å². The zero-order valence-electron chi connectivity index (χ0n) is 9.71. The highest BCUT2D eigenvalue weighted by atomic mass is 35.5. The highest BCUT2D eigenvalue weighted by Gasteiger charge is 2.22. The third-order valence-corrected chi connectivity index (χ3v) is 2.49. The highest BCUT2D eigenvalue weighted by Crippen LogP contribution is 2.17. The third kappa shape index (κ3) is 3.82. The van der Waals surface area contributed by atoms with Gasteiger partial charge < -0.3 is 15.4 Å². The Hall–Kier alpha value is -1.31. The third-order valence-electron chi connectivity index (χ3n) is 2.49. The summed E-state index contributed by atoms with van der Waals surface area (Å²) in [6.07, 6.45) is 0. The average Bonchev–Trinajstić information content (AvgIpc) is 2.37. The lowest BCUT2D eigenvalue weighted by Crippen LogP contribution is -2.48. The fraction of sp³-hybridized carbons (Fsp3) is 0.364. The molecule has 4 nitrogen and oxygen atoms in total. The number of nitrogens with one attached hydrogen (secondary N) is 2. The molecule has 1 unspecified atom stereocenters. The van der Waals surface area contributed by atoms with Crippen molar-refractivity contribution in [2.75, 3.05) is 25.1 Å². The highest BCUT2D eigenvalue weighted by molar-refractivity contribution is 5.95. The quantitative estimate of drug-likeness (QED) is 0.812. The lowest BCUT2D eigenvalue weighted by Gasteiger charge is -2.22. The Balaban J connectivity index is 0.00000180. The first-order chi connectivity index (χ1) is 8.58. The predicted octanol–water partition coefficient (Wildman–Crippen LogP) is 1.45. The molecule has 0 radical (unpaired) electrons. The van der Waals surface area contributed by atoms with Gasteiger partial charge in [0.15, 0.2) is 17.5 Å². The molecule has 1 saturated heterocycles. The SMILES string of the molecule is Cl.O=C(Nc1cc(F)c(F)c(F)c1)C1COCCN1. The van der Waals surface area contributed by atoms with Crippen LogP contribution in [-0.2, 0) is 9.53 Å². The van der Waals surface area contributed by atoms with Gasteiger partial charge in [-0.15, -0.1) is 12.4 Å². The second-order valence-corrected chi connectivity index (χ2v) is 3.82. The molecule has 1 aliphatic rings. The largest absolute Gasteiger partial charge is 0.378 e. The zero-order valence-corrected chi connectivity index (χ0v) is 10.5. The van der Waals surface area contributed by atoms with Gasteiger partial charge in [-0.3, -0.25) is 4.79 Å². The minimum atomic E-state index is -1.56. The number of anilines is 1. The molecule has 1 aromatic carbocycles. The number of ether oxygens (including phenoxy) is 1. The molecule has 1 atom stereocenters. The van der Waals surface area contributed by atoms with Gasteiger partial charge >= 0.3 is 0 Å². The molecule has 0 aromatic heterocycles. The first-order valence-electron chi connectivity index (χ1n) is 5.34. The summed E-state index contributed by atoms with van der Waals surface area (Å²) < 4.78 is 43.6. The van der Waals surface area contributed by atoms with Crippen molar-refractivity contribution < 1.29 is 22.7 Å². The number of amides is 1. The van der Waals surface area contributed by atoms with Gasteiger partial charge in [-0.25, -0.2) is 13.2 Å². The summed E-state index contributed by atoms with van der Waals surface area (Å²) >= 11 is 0. The van der Waals surface area contributed by atoms with E-state index >= 15 is 0 Å². The van der Waals surface area contributed by atoms with Crippen molar-refractivity contribution in [1.29, 1.82) is 0 Å². The van der Waals surface area contributed by atoms with Crippen molar-refractivity contribution in [3.05, 3.63) is 29.6 Å². The fourth-order valence-electron chi connectivity index (χ4n) is 1.59. The zero-order chi connectivity index (χ0) is 13.1. The molecule has 2 rings (SSSR count). The normalized spacial score (nSPS) is 18.6. The van der Waals surface area contributed by atoms with Crippen LogP contribution in [0.2, 0.25) is 0 Å². The van der Waals surface area contributed by atoms with Crippen LogP contribution in [0.4, 0.5) is 18.9 Å². The van der Waals surface area contributed by atoms with Crippen LogP contribution in [-0.4, -0.2) is 31.7 Å². The molecule has 0 spiro atoms. The van der Waals surface area contributed by atoms with E-state index in [-0.39, 0.29) is 24.7 Å². The minimum Gasteiger partial charge on any atom is -0.378 e. The second-order valence-electron chi connectivity index (χ2n) is 3.82. The first kappa shape index (κ1) is 15.7. The number of benzene rings is 1. The number of carbonyl (C=O) groups is 1. The Kier molecular flexibility index (Phi) is 5.59. The molecule has 1 aromatic rings. The van der Waals surface area contributed by atoms with Gasteiger partial charge in [-0.05, 0) is 0 Å². The number of rotatable bonds is 2. The monoisotopic (exact) mass is 296 g/mol. The van der Waals surface area contributed by atoms with Gasteiger partial charge in [0.25, 0.3) is 0 Å². The van der Waals surface area contributed by atoms with E-state index in [4.69, 9.17) is 4.74 Å². The molecule has 1 fully saturated rings. The molecular weight excluding hydrogens is 285 g/mol. The molecule has 1 aliphatic heterocycles. The Morgan fingerprint density at radius 2 is 1.95 bits per heavy atom. The molecule has 0 aliphatic carbocycles. The van der Waals surface area contributed by atoms with E-state index in [1.165, 1.54) is 0 Å². The maximum atomic E-state index is 12.9. The van der Waals surface area contributed by atoms with Gasteiger partial charge in [0.05, 0.1) is 13.2 Å². The summed E-state index contributed by atoms with van der Waals surface area (Å²) in [5.41, 5.74) is -0.135. The molecule has 106 valence electrons. The van der Waals surface area contributed by atoms with Gasteiger partial charge in [0, 0.05) is 24.4 Å². The molecule has 19 heavy (non-hydrogen) atoms. The summed E-state index contributed by atoms with van der Waals surface area (Å²) in [7, 11) is 0. The van der Waals surface area contributed by atoms with E-state index in [0.29, 0.717) is 13.2 Å². The standard InChI is InChI=1S/C11H11F3N2O2.ClH/c12-7-3-6(4-8(13)10(7)14)16-11(17)9-5-18-2-1-15-9;/h3-4,9,15H,1-2,5H2,(H,16,17);1H. The van der Waals surface area contributed by atoms with Crippen molar-refractivity contribution in [3.8, 4) is 0 Å². The van der Waals surface area contributed by atoms with Crippen LogP contribution >= 0.6 is 12.4 Å². The van der Waals surface area contributed by atoms with Gasteiger partial charge in [0.2, 0.25) is 5.91 Å². The first-order valence-corrected chi connectivity index (χ1v) is 5.34. The number of carbonyl (C=O) groups excluding carboxylic acids is 1. The molecule has 1 amide bonds. The van der Waals surface area contributed by atoms with Crippen molar-refractivity contribution in [2.45, 2.75) is 6.04 Å². The van der Waals surface area contributed by atoms with Crippen LogP contribution < -0.4 is 10.6 Å². The summed E-state index contributed by atoms with van der Waals surface area (Å²) in [6, 6.07) is 0.856. The van der Waals surface area contributed by atoms with Crippen LogP contribution in [0.15, 0.2) is 12.1 Å². The summed E-state index contributed by atoms with van der Waals surface area (Å²) in [5, 5.41) is 5.17. The van der Waals surface area contributed by atoms with Gasteiger partial charge in [0.1, 0.15) is 6.04 Å². The van der Waals surface area contributed by atoms with Gasteiger partial charge in [-0.2, -0.15) is 0 Å². The van der Waals surface area contributed by atoms with Gasteiger partial charge in [-0.1, -0.05) is 0 Å². The molecular formula is C11H12ClF3N2O2. The van der Waals surface area contributed by atoms with E-state index < -0.39 is 29.4 Å². The van der Waals surface area contributed by atoms with Crippen LogP contribution in [0.3, 0.4) is 0 Å². The Morgan fingerprint density at radius 1 is 1.32 bits per heavy atom. The summed E-state index contributed by atoms with van der Waals surface area (Å²) in [6.45, 7) is 1.20. The summed E-state index contributed by atoms with van der Waals surface area (Å²) in [4.78, 5) is 11.7. The average molecular weight is 297 g/mol. The lowest BCUT2D eigenvalue weighted by atomic mass is 10.2. The maximum Gasteiger partial charge on any atom is 0.243 e. The minimum absolute atomic E-state index is 0. The van der Waals surface area contributed by atoms with E-state index in [1.807, 2.05) is 0 Å². The van der Waals surface area contributed by atoms with E-state index in [0.717, 1.165) is 12.1 Å². The molecule has 2 N–H and O–H groups in total. The number of halogens is 4. The van der Waals surface area contributed by atoms with E-state index in [1.54, 1.807) is 0 Å². The molecule has 0 bridgehead atoms. The van der Waals surface area contributed by atoms with Crippen molar-refractivity contribution in [2.24, 2.45) is 0 Å². The lowest BCUT2D eigenvalue weighted by molar-refractivity contribution is -0.120. The summed E-state index contributed by atoms with van der Waals surface area (Å²) in [5.74, 6) is -4.75. The van der Waals surface area contributed by atoms with Crippen molar-refractivity contribution >= 4 is 24.0 Å². The molecule has 1 heterocycles. The Bertz CT molecular complexity index is 444. The fourth-order valence-corrected chi connectivity index (χ4v) is 1.59. The van der Waals surface area contributed by atoms with Crippen LogP contribution in [0.5, 0.6) is 0 Å². The molecule has 0 saturated carbocycles.